The maximum atomic E-state index is 12.1. The first kappa shape index (κ1) is 17.5. The third-order valence-electron chi connectivity index (χ3n) is 3.38. The summed E-state index contributed by atoms with van der Waals surface area (Å²) in [5, 5.41) is 20.8. The molecule has 0 aliphatic carbocycles. The summed E-state index contributed by atoms with van der Waals surface area (Å²) in [6.07, 6.45) is -5.66. The van der Waals surface area contributed by atoms with Crippen LogP contribution in [0.4, 0.5) is 0 Å². The molecule has 0 aliphatic heterocycles. The minimum absolute atomic E-state index is 0.484. The van der Waals surface area contributed by atoms with Crippen LogP contribution < -0.4 is 0 Å². The van der Waals surface area contributed by atoms with E-state index in [1.54, 1.807) is 0 Å². The van der Waals surface area contributed by atoms with Gasteiger partial charge in [0.1, 0.15) is 24.4 Å². The number of hydrogen-bond donors (Lipinski definition) is 2. The first-order valence-corrected chi connectivity index (χ1v) is 6.41. The number of aliphatic hydroxyl groups is 2. The van der Waals surface area contributed by atoms with E-state index in [0.717, 1.165) is 0 Å². The van der Waals surface area contributed by atoms with Crippen molar-refractivity contribution in [1.82, 2.24) is 0 Å². The molecule has 5 atom stereocenters. The molecule has 0 spiro atoms. The van der Waals surface area contributed by atoms with E-state index in [1.807, 2.05) is 0 Å². The van der Waals surface area contributed by atoms with E-state index >= 15 is 0 Å². The van der Waals surface area contributed by atoms with Gasteiger partial charge in [-0.3, -0.25) is 9.59 Å². The molecule has 2 N–H and O–H groups in total. The Morgan fingerprint density at radius 2 is 1.68 bits per heavy atom. The fourth-order valence-electron chi connectivity index (χ4n) is 2.20. The van der Waals surface area contributed by atoms with Crippen LogP contribution in [0.15, 0.2) is 0 Å². The summed E-state index contributed by atoms with van der Waals surface area (Å²) < 4.78 is 34.6. The van der Waals surface area contributed by atoms with Crippen molar-refractivity contribution in [3.8, 4) is 0 Å². The number of carbonyl (C=O) groups is 2. The lowest BCUT2D eigenvalue weighted by Crippen LogP contribution is -2.62. The van der Waals surface area contributed by atoms with Crippen molar-refractivity contribution in [2.45, 2.75) is 43.8 Å². The molecule has 0 amide bonds. The Bertz CT molecular complexity index is 408. The summed E-state index contributed by atoms with van der Waals surface area (Å²) in [5.41, 5.74) is -2.24. The number of Topliss-reactive ketones (excluding diaryl/α,β-unsaturated/α-hetero) is 2. The van der Waals surface area contributed by atoms with E-state index in [4.69, 9.17) is 21.7 Å². The molecular formula is C14H26O8. The van der Waals surface area contributed by atoms with Crippen LogP contribution in [0, 0.1) is 0 Å². The van der Waals surface area contributed by atoms with Crippen LogP contribution in [0.25, 0.3) is 0 Å². The topological polar surface area (TPSA) is 112 Å². The van der Waals surface area contributed by atoms with Gasteiger partial charge in [-0.1, -0.05) is 0 Å². The lowest BCUT2D eigenvalue weighted by Gasteiger charge is -2.40. The third kappa shape index (κ3) is 4.55. The largest absolute Gasteiger partial charge is 0.382 e. The van der Waals surface area contributed by atoms with E-state index in [2.05, 4.69) is 0 Å². The van der Waals surface area contributed by atoms with E-state index in [9.17, 15) is 19.8 Å². The Hall–Kier alpha value is -0.900. The Morgan fingerprint density at radius 1 is 1.09 bits per heavy atom. The summed E-state index contributed by atoms with van der Waals surface area (Å²) in [7, 11) is 4.87. The Labute approximate surface area is 133 Å². The molecule has 8 nitrogen and oxygen atoms in total. The summed E-state index contributed by atoms with van der Waals surface area (Å²) in [4.78, 5) is 23.7. The second-order valence-electron chi connectivity index (χ2n) is 4.75. The minimum Gasteiger partial charge on any atom is -0.382 e. The van der Waals surface area contributed by atoms with Crippen molar-refractivity contribution in [1.29, 1.82) is 0 Å². The van der Waals surface area contributed by atoms with Crippen molar-refractivity contribution < 1.29 is 41.5 Å². The van der Waals surface area contributed by atoms with Gasteiger partial charge in [-0.05, 0) is 13.8 Å². The van der Waals surface area contributed by atoms with Crippen LogP contribution in [0.2, 0.25) is 0 Å². The van der Waals surface area contributed by atoms with E-state index in [1.165, 1.54) is 28.4 Å². The van der Waals surface area contributed by atoms with Gasteiger partial charge in [-0.15, -0.1) is 0 Å². The average molecular weight is 324 g/mol. The standard InChI is InChI=1S/C14H26O8/c1-8(15)10(17)11(20-4)12(21-5)13(22-6)14(18,7-19-3)9(2)16/h10-13,17-18H,7H2,1-6H3/t10?,11-,12+,13-,14-/m0/s1/i1D,2D. The van der Waals surface area contributed by atoms with Gasteiger partial charge < -0.3 is 29.2 Å². The highest BCUT2D eigenvalue weighted by molar-refractivity contribution is 5.86. The molecule has 0 bridgehead atoms. The smallest absolute Gasteiger partial charge is 0.174 e. The second kappa shape index (κ2) is 9.29. The number of hydrogen-bond acceptors (Lipinski definition) is 8. The third-order valence-corrected chi connectivity index (χ3v) is 3.38. The molecule has 1 unspecified atom stereocenters. The van der Waals surface area contributed by atoms with Crippen LogP contribution in [0.1, 0.15) is 16.5 Å². The highest BCUT2D eigenvalue weighted by Gasteiger charge is 2.50. The average Bonchev–Trinajstić information content (AvgIpc) is 2.59. The maximum absolute atomic E-state index is 12.1. The van der Waals surface area contributed by atoms with Crippen molar-refractivity contribution in [3.05, 3.63) is 0 Å². The number of carbonyl (C=O) groups excluding carboxylic acids is 2. The molecule has 130 valence electrons. The molecule has 0 fully saturated rings. The number of ether oxygens (including phenoxy) is 4. The Kier molecular flexibility index (Phi) is 7.37. The first-order valence-electron chi connectivity index (χ1n) is 7.82. The molecular weight excluding hydrogens is 296 g/mol. The normalized spacial score (nSPS) is 21.0. The quantitative estimate of drug-likeness (QED) is 0.495. The summed E-state index contributed by atoms with van der Waals surface area (Å²) in [6.45, 7) is -1.90. The van der Waals surface area contributed by atoms with Gasteiger partial charge in [0.05, 0.1) is 6.61 Å². The fourth-order valence-corrected chi connectivity index (χ4v) is 2.20. The SMILES string of the molecule is [2H]CC(=O)C(O)[C@H](OC)[C@@H](OC)[C@H](OC)[C@](O)(COC)C(=O)C[2H]. The summed E-state index contributed by atoms with van der Waals surface area (Å²) >= 11 is 0. The van der Waals surface area contributed by atoms with Crippen molar-refractivity contribution in [2.24, 2.45) is 0 Å². The van der Waals surface area contributed by atoms with Gasteiger partial charge in [0, 0.05) is 31.2 Å². The molecule has 0 aromatic heterocycles. The number of ketones is 2. The van der Waals surface area contributed by atoms with Gasteiger partial charge >= 0.3 is 0 Å². The van der Waals surface area contributed by atoms with Crippen molar-refractivity contribution in [3.63, 3.8) is 0 Å². The Morgan fingerprint density at radius 3 is 2.05 bits per heavy atom. The molecule has 0 aromatic carbocycles. The maximum Gasteiger partial charge on any atom is 0.174 e. The zero-order valence-electron chi connectivity index (χ0n) is 15.3. The monoisotopic (exact) mass is 324 g/mol. The van der Waals surface area contributed by atoms with Crippen LogP contribution in [0.5, 0.6) is 0 Å². The zero-order valence-corrected chi connectivity index (χ0v) is 13.3. The van der Waals surface area contributed by atoms with Gasteiger partial charge in [-0.25, -0.2) is 0 Å². The molecule has 0 saturated heterocycles. The first-order chi connectivity index (χ1) is 11.3. The van der Waals surface area contributed by atoms with Crippen LogP contribution in [-0.4, -0.2) is 86.8 Å². The molecule has 0 rings (SSSR count). The zero-order chi connectivity index (χ0) is 18.9. The van der Waals surface area contributed by atoms with Crippen LogP contribution in [0.3, 0.4) is 0 Å². The molecule has 0 radical (unpaired) electrons. The van der Waals surface area contributed by atoms with E-state index < -0.39 is 62.0 Å². The lowest BCUT2D eigenvalue weighted by atomic mass is 9.85. The molecule has 8 heteroatoms. The van der Waals surface area contributed by atoms with Crippen LogP contribution >= 0.6 is 0 Å². The highest BCUT2D eigenvalue weighted by atomic mass is 16.6. The molecule has 0 heterocycles. The van der Waals surface area contributed by atoms with Gasteiger partial charge in [0.15, 0.2) is 17.2 Å². The second-order valence-corrected chi connectivity index (χ2v) is 4.75. The molecule has 0 saturated carbocycles. The van der Waals surface area contributed by atoms with E-state index in [0.29, 0.717) is 0 Å². The highest BCUT2D eigenvalue weighted by Crippen LogP contribution is 2.25. The molecule has 0 aliphatic rings. The predicted octanol–water partition coefficient (Wildman–Crippen LogP) is -1.05. The summed E-state index contributed by atoms with van der Waals surface area (Å²) in [5.74, 6) is -1.70. The number of rotatable bonds is 11. The van der Waals surface area contributed by atoms with Gasteiger partial charge in [-0.2, -0.15) is 0 Å². The number of methoxy groups -OCH3 is 4. The fraction of sp³-hybridized carbons (Fsp3) is 0.857. The Balaban J connectivity index is 5.82. The molecule has 0 aromatic rings. The number of aliphatic hydroxyl groups excluding tert-OH is 1. The van der Waals surface area contributed by atoms with Gasteiger partial charge in [0.2, 0.25) is 0 Å². The van der Waals surface area contributed by atoms with Crippen molar-refractivity contribution in [2.75, 3.05) is 35.0 Å². The molecule has 22 heavy (non-hydrogen) atoms. The summed E-state index contributed by atoms with van der Waals surface area (Å²) in [6, 6.07) is 0. The lowest BCUT2D eigenvalue weighted by molar-refractivity contribution is -0.206. The minimum atomic E-state index is -2.24. The van der Waals surface area contributed by atoms with Crippen molar-refractivity contribution >= 4 is 11.6 Å². The van der Waals surface area contributed by atoms with Gasteiger partial charge in [0.25, 0.3) is 0 Å². The van der Waals surface area contributed by atoms with Crippen LogP contribution in [-0.2, 0) is 28.5 Å². The predicted molar refractivity (Wildman–Crippen MR) is 76.6 cm³/mol. The van der Waals surface area contributed by atoms with E-state index in [-0.39, 0.29) is 0 Å².